The summed E-state index contributed by atoms with van der Waals surface area (Å²) in [5, 5.41) is 2.88. The lowest BCUT2D eigenvalue weighted by molar-refractivity contribution is 0.101. The van der Waals surface area contributed by atoms with Crippen molar-refractivity contribution in [3.05, 3.63) is 47.5 Å². The van der Waals surface area contributed by atoms with E-state index in [9.17, 15) is 4.79 Å². The average Bonchev–Trinajstić information content (AvgIpc) is 2.68. The van der Waals surface area contributed by atoms with Crippen LogP contribution in [-0.2, 0) is 7.05 Å². The van der Waals surface area contributed by atoms with Gasteiger partial charge in [-0.25, -0.2) is 4.98 Å². The van der Waals surface area contributed by atoms with Gasteiger partial charge in [0.15, 0.2) is 0 Å². The first-order chi connectivity index (χ1) is 8.08. The maximum Gasteiger partial charge on any atom is 0.273 e. The first kappa shape index (κ1) is 11.4. The number of hydrogen-bond acceptors (Lipinski definition) is 2. The Labute approximate surface area is 100 Å². The lowest BCUT2D eigenvalue weighted by Gasteiger charge is -2.09. The van der Waals surface area contributed by atoms with Crippen LogP contribution in [0.15, 0.2) is 30.7 Å². The van der Waals surface area contributed by atoms with Gasteiger partial charge in [0.2, 0.25) is 0 Å². The second kappa shape index (κ2) is 4.41. The van der Waals surface area contributed by atoms with Crippen LogP contribution in [0.25, 0.3) is 0 Å². The second-order valence-corrected chi connectivity index (χ2v) is 4.16. The number of hydrogen-bond donors (Lipinski definition) is 1. The van der Waals surface area contributed by atoms with Crippen molar-refractivity contribution < 1.29 is 4.79 Å². The third-order valence-corrected chi connectivity index (χ3v) is 2.68. The van der Waals surface area contributed by atoms with Crippen LogP contribution in [0, 0.1) is 13.8 Å². The molecule has 1 N–H and O–H groups in total. The molecule has 1 aromatic heterocycles. The maximum atomic E-state index is 12.0. The molecule has 0 spiro atoms. The summed E-state index contributed by atoms with van der Waals surface area (Å²) in [7, 11) is 1.80. The fraction of sp³-hybridized carbons (Fsp3) is 0.231. The van der Waals surface area contributed by atoms with E-state index in [1.807, 2.05) is 32.0 Å². The number of benzene rings is 1. The van der Waals surface area contributed by atoms with Gasteiger partial charge in [-0.1, -0.05) is 17.7 Å². The molecule has 2 aromatic rings. The number of nitrogens with zero attached hydrogens (tertiary/aromatic N) is 2. The third-order valence-electron chi connectivity index (χ3n) is 2.68. The van der Waals surface area contributed by atoms with Crippen LogP contribution in [0.5, 0.6) is 0 Å². The van der Waals surface area contributed by atoms with Crippen LogP contribution in [-0.4, -0.2) is 15.5 Å². The highest BCUT2D eigenvalue weighted by Crippen LogP contribution is 2.16. The van der Waals surface area contributed by atoms with Crippen LogP contribution in [0.2, 0.25) is 0 Å². The van der Waals surface area contributed by atoms with Crippen molar-refractivity contribution in [3.8, 4) is 0 Å². The lowest BCUT2D eigenvalue weighted by atomic mass is 10.1. The highest BCUT2D eigenvalue weighted by Gasteiger charge is 2.10. The van der Waals surface area contributed by atoms with Gasteiger partial charge in [-0.05, 0) is 25.5 Å². The van der Waals surface area contributed by atoms with E-state index in [1.54, 1.807) is 24.1 Å². The molecule has 0 bridgehead atoms. The molecule has 0 aliphatic rings. The van der Waals surface area contributed by atoms with Gasteiger partial charge < -0.3 is 9.88 Å². The Hall–Kier alpha value is -2.10. The number of carbonyl (C=O) groups is 1. The van der Waals surface area contributed by atoms with E-state index < -0.39 is 0 Å². The first-order valence-electron chi connectivity index (χ1n) is 5.43. The average molecular weight is 229 g/mol. The molecule has 0 fully saturated rings. The summed E-state index contributed by atoms with van der Waals surface area (Å²) in [6.07, 6.45) is 3.16. The second-order valence-electron chi connectivity index (χ2n) is 4.16. The Kier molecular flexibility index (Phi) is 2.95. The summed E-state index contributed by atoms with van der Waals surface area (Å²) in [4.78, 5) is 15.9. The van der Waals surface area contributed by atoms with E-state index in [-0.39, 0.29) is 5.91 Å². The first-order valence-corrected chi connectivity index (χ1v) is 5.43. The normalized spacial score (nSPS) is 10.3. The number of carbonyl (C=O) groups excluding carboxylic acids is 1. The standard InChI is InChI=1S/C13H15N3O/c1-9-4-5-11(10(2)6-9)15-13(17)12-7-14-8-16(12)3/h4-8H,1-3H3,(H,15,17). The molecule has 1 aromatic carbocycles. The minimum atomic E-state index is -0.142. The van der Waals surface area contributed by atoms with Crippen molar-refractivity contribution in [3.63, 3.8) is 0 Å². The van der Waals surface area contributed by atoms with Gasteiger partial charge in [-0.2, -0.15) is 0 Å². The summed E-state index contributed by atoms with van der Waals surface area (Å²) in [6, 6.07) is 5.93. The molecule has 0 atom stereocenters. The van der Waals surface area contributed by atoms with Crippen molar-refractivity contribution in [2.24, 2.45) is 7.05 Å². The van der Waals surface area contributed by atoms with Crippen LogP contribution in [0.1, 0.15) is 21.6 Å². The SMILES string of the molecule is Cc1ccc(NC(=O)c2cncn2C)c(C)c1. The van der Waals surface area contributed by atoms with Gasteiger partial charge in [0.1, 0.15) is 5.69 Å². The zero-order chi connectivity index (χ0) is 12.4. The topological polar surface area (TPSA) is 46.9 Å². The molecule has 0 saturated carbocycles. The molecule has 0 aliphatic carbocycles. The molecular weight excluding hydrogens is 214 g/mol. The molecular formula is C13H15N3O. The Bertz CT molecular complexity index is 558. The van der Waals surface area contributed by atoms with Crippen molar-refractivity contribution in [1.29, 1.82) is 0 Å². The quantitative estimate of drug-likeness (QED) is 0.858. The van der Waals surface area contributed by atoms with E-state index in [1.165, 1.54) is 5.56 Å². The van der Waals surface area contributed by atoms with E-state index >= 15 is 0 Å². The van der Waals surface area contributed by atoms with Gasteiger partial charge in [0.05, 0.1) is 12.5 Å². The van der Waals surface area contributed by atoms with Crippen LogP contribution < -0.4 is 5.32 Å². The number of aromatic nitrogens is 2. The van der Waals surface area contributed by atoms with E-state index in [0.29, 0.717) is 5.69 Å². The number of aryl methyl sites for hydroxylation is 3. The van der Waals surface area contributed by atoms with E-state index in [2.05, 4.69) is 10.3 Å². The smallest absolute Gasteiger partial charge is 0.273 e. The molecule has 88 valence electrons. The van der Waals surface area contributed by atoms with Gasteiger partial charge in [0, 0.05) is 12.7 Å². The molecule has 0 unspecified atom stereocenters. The summed E-state index contributed by atoms with van der Waals surface area (Å²) >= 11 is 0. The van der Waals surface area contributed by atoms with Crippen molar-refractivity contribution >= 4 is 11.6 Å². The maximum absolute atomic E-state index is 12.0. The molecule has 0 radical (unpaired) electrons. The highest BCUT2D eigenvalue weighted by molar-refractivity contribution is 6.03. The fourth-order valence-corrected chi connectivity index (χ4v) is 1.72. The Morgan fingerprint density at radius 1 is 1.35 bits per heavy atom. The van der Waals surface area contributed by atoms with Crippen molar-refractivity contribution in [2.45, 2.75) is 13.8 Å². The lowest BCUT2D eigenvalue weighted by Crippen LogP contribution is -2.15. The van der Waals surface area contributed by atoms with Crippen LogP contribution >= 0.6 is 0 Å². The van der Waals surface area contributed by atoms with Gasteiger partial charge in [-0.15, -0.1) is 0 Å². The summed E-state index contributed by atoms with van der Waals surface area (Å²) in [5.74, 6) is -0.142. The predicted molar refractivity (Wildman–Crippen MR) is 67.1 cm³/mol. The number of anilines is 1. The summed E-state index contributed by atoms with van der Waals surface area (Å²) in [5.41, 5.74) is 3.62. The Morgan fingerprint density at radius 2 is 2.12 bits per heavy atom. The molecule has 1 heterocycles. The minimum Gasteiger partial charge on any atom is -0.330 e. The zero-order valence-electron chi connectivity index (χ0n) is 10.2. The predicted octanol–water partition coefficient (Wildman–Crippen LogP) is 2.29. The van der Waals surface area contributed by atoms with Gasteiger partial charge in [0.25, 0.3) is 5.91 Å². The molecule has 0 aliphatic heterocycles. The molecule has 1 amide bonds. The third kappa shape index (κ3) is 2.36. The van der Waals surface area contributed by atoms with E-state index in [4.69, 9.17) is 0 Å². The molecule has 17 heavy (non-hydrogen) atoms. The van der Waals surface area contributed by atoms with Gasteiger partial charge in [-0.3, -0.25) is 4.79 Å². The summed E-state index contributed by atoms with van der Waals surface area (Å²) < 4.78 is 1.69. The number of rotatable bonds is 2. The van der Waals surface area contributed by atoms with Gasteiger partial charge >= 0.3 is 0 Å². The molecule has 4 heteroatoms. The Morgan fingerprint density at radius 3 is 2.71 bits per heavy atom. The molecule has 2 rings (SSSR count). The van der Waals surface area contributed by atoms with Crippen molar-refractivity contribution in [2.75, 3.05) is 5.32 Å². The number of amides is 1. The number of imidazole rings is 1. The summed E-state index contributed by atoms with van der Waals surface area (Å²) in [6.45, 7) is 4.01. The highest BCUT2D eigenvalue weighted by atomic mass is 16.2. The fourth-order valence-electron chi connectivity index (χ4n) is 1.72. The van der Waals surface area contributed by atoms with E-state index in [0.717, 1.165) is 11.3 Å². The molecule has 0 saturated heterocycles. The monoisotopic (exact) mass is 229 g/mol. The largest absolute Gasteiger partial charge is 0.330 e. The zero-order valence-corrected chi connectivity index (χ0v) is 10.2. The molecule has 4 nitrogen and oxygen atoms in total. The van der Waals surface area contributed by atoms with Crippen LogP contribution in [0.4, 0.5) is 5.69 Å². The minimum absolute atomic E-state index is 0.142. The van der Waals surface area contributed by atoms with Crippen molar-refractivity contribution in [1.82, 2.24) is 9.55 Å². The van der Waals surface area contributed by atoms with Crippen LogP contribution in [0.3, 0.4) is 0 Å². The number of nitrogens with one attached hydrogen (secondary N) is 1. The Balaban J connectivity index is 2.22.